The number of aliphatic hydroxyl groups excluding tert-OH is 5. The molecular weight excluding hydrogens is 887 g/mol. The summed E-state index contributed by atoms with van der Waals surface area (Å²) in [5, 5.41) is 54.6. The van der Waals surface area contributed by atoms with Crippen LogP contribution in [0.4, 0.5) is 0 Å². The van der Waals surface area contributed by atoms with Crippen LogP contribution in [0.5, 0.6) is 0 Å². The van der Waals surface area contributed by atoms with E-state index in [2.05, 4.69) is 67.8 Å². The van der Waals surface area contributed by atoms with Crippen molar-refractivity contribution in [2.45, 2.75) is 326 Å². The Bertz CT molecular complexity index is 1250. The molecule has 71 heavy (non-hydrogen) atoms. The van der Waals surface area contributed by atoms with E-state index >= 15 is 0 Å². The van der Waals surface area contributed by atoms with Gasteiger partial charge in [-0.05, 0) is 51.4 Å². The van der Waals surface area contributed by atoms with Gasteiger partial charge in [0.2, 0.25) is 5.91 Å². The minimum atomic E-state index is -1.56. The van der Waals surface area contributed by atoms with Crippen molar-refractivity contribution in [1.29, 1.82) is 0 Å². The number of rotatable bonds is 52. The second-order valence-electron chi connectivity index (χ2n) is 21.1. The minimum absolute atomic E-state index is 0.156. The molecule has 1 heterocycles. The summed E-state index contributed by atoms with van der Waals surface area (Å²) in [5.74, 6) is -0.183. The van der Waals surface area contributed by atoms with E-state index in [9.17, 15) is 30.3 Å². The van der Waals surface area contributed by atoms with E-state index in [1.807, 2.05) is 0 Å². The maximum atomic E-state index is 13.0. The highest BCUT2D eigenvalue weighted by Gasteiger charge is 2.44. The molecule has 9 nitrogen and oxygen atoms in total. The SMILES string of the molecule is CC/C=C\C/C=C\C/C=C\C/C=C\CCCCC(=O)NC(COC1OC(CO)C(O)C(O)C1O)C(O)CCCCCCCCCCCCCCCCCCCCCCCCCCCCCCCCCCC. The van der Waals surface area contributed by atoms with Crippen LogP contribution in [0.2, 0.25) is 0 Å². The number of aliphatic hydroxyl groups is 5. The molecule has 0 aliphatic carbocycles. The minimum Gasteiger partial charge on any atom is -0.394 e. The van der Waals surface area contributed by atoms with Gasteiger partial charge in [0, 0.05) is 6.42 Å². The quantitative estimate of drug-likeness (QED) is 0.0261. The Labute approximate surface area is 437 Å². The lowest BCUT2D eigenvalue weighted by Crippen LogP contribution is -2.60. The van der Waals surface area contributed by atoms with Crippen molar-refractivity contribution in [1.82, 2.24) is 5.32 Å². The maximum Gasteiger partial charge on any atom is 0.220 e. The fourth-order valence-electron chi connectivity index (χ4n) is 9.68. The zero-order chi connectivity index (χ0) is 51.5. The Kier molecular flexibility index (Phi) is 48.8. The Balaban J connectivity index is 2.12. The molecule has 1 saturated heterocycles. The average Bonchev–Trinajstić information content (AvgIpc) is 3.37. The van der Waals surface area contributed by atoms with E-state index in [-0.39, 0.29) is 12.5 Å². The lowest BCUT2D eigenvalue weighted by Gasteiger charge is -2.40. The second kappa shape index (κ2) is 51.6. The maximum absolute atomic E-state index is 13.0. The molecular formula is C62H115NO8. The molecule has 0 bridgehead atoms. The summed E-state index contributed by atoms with van der Waals surface area (Å²) in [6.07, 6.45) is 61.8. The molecule has 0 radical (unpaired) electrons. The molecule has 9 heteroatoms. The van der Waals surface area contributed by atoms with Crippen molar-refractivity contribution in [2.24, 2.45) is 0 Å². The van der Waals surface area contributed by atoms with Gasteiger partial charge >= 0.3 is 0 Å². The molecule has 0 aromatic carbocycles. The number of unbranched alkanes of at least 4 members (excludes halogenated alkanes) is 34. The van der Waals surface area contributed by atoms with Crippen LogP contribution >= 0.6 is 0 Å². The molecule has 7 unspecified atom stereocenters. The first kappa shape index (κ1) is 67.2. The first-order valence-electron chi connectivity index (χ1n) is 30.3. The number of allylic oxidation sites excluding steroid dienone is 8. The number of hydrogen-bond acceptors (Lipinski definition) is 8. The average molecular weight is 1000 g/mol. The van der Waals surface area contributed by atoms with Crippen LogP contribution in [-0.4, -0.2) is 87.5 Å². The summed E-state index contributed by atoms with van der Waals surface area (Å²) >= 11 is 0. The van der Waals surface area contributed by atoms with Crippen molar-refractivity contribution in [2.75, 3.05) is 13.2 Å². The molecule has 1 amide bonds. The first-order valence-corrected chi connectivity index (χ1v) is 30.3. The summed E-state index contributed by atoms with van der Waals surface area (Å²) in [7, 11) is 0. The van der Waals surface area contributed by atoms with Gasteiger partial charge in [0.1, 0.15) is 24.4 Å². The number of carbonyl (C=O) groups is 1. The van der Waals surface area contributed by atoms with Crippen molar-refractivity contribution < 1.29 is 39.8 Å². The van der Waals surface area contributed by atoms with Crippen LogP contribution in [0.25, 0.3) is 0 Å². The molecule has 1 rings (SSSR count). The largest absolute Gasteiger partial charge is 0.394 e. The monoisotopic (exact) mass is 1000 g/mol. The van der Waals surface area contributed by atoms with Gasteiger partial charge in [-0.15, -0.1) is 0 Å². The molecule has 416 valence electrons. The first-order chi connectivity index (χ1) is 34.8. The molecule has 1 fully saturated rings. The van der Waals surface area contributed by atoms with E-state index in [1.165, 1.54) is 193 Å². The third-order valence-electron chi connectivity index (χ3n) is 14.4. The fraction of sp³-hybridized carbons (Fsp3) is 0.855. The number of amides is 1. The van der Waals surface area contributed by atoms with Crippen LogP contribution in [0.1, 0.15) is 284 Å². The van der Waals surface area contributed by atoms with Gasteiger partial charge in [0.15, 0.2) is 6.29 Å². The van der Waals surface area contributed by atoms with E-state index in [0.29, 0.717) is 19.3 Å². The molecule has 0 spiro atoms. The van der Waals surface area contributed by atoms with Gasteiger partial charge in [-0.2, -0.15) is 0 Å². The van der Waals surface area contributed by atoms with Crippen molar-refractivity contribution in [3.63, 3.8) is 0 Å². The molecule has 0 saturated carbocycles. The Morgan fingerprint density at radius 3 is 1.27 bits per heavy atom. The van der Waals surface area contributed by atoms with Gasteiger partial charge in [0.05, 0.1) is 25.4 Å². The number of nitrogens with one attached hydrogen (secondary N) is 1. The zero-order valence-corrected chi connectivity index (χ0v) is 46.2. The molecule has 7 atom stereocenters. The summed E-state index contributed by atoms with van der Waals surface area (Å²) in [6.45, 7) is 3.72. The zero-order valence-electron chi connectivity index (χ0n) is 46.2. The van der Waals surface area contributed by atoms with Gasteiger partial charge in [-0.25, -0.2) is 0 Å². The van der Waals surface area contributed by atoms with Crippen molar-refractivity contribution in [3.05, 3.63) is 48.6 Å². The van der Waals surface area contributed by atoms with Crippen LogP contribution < -0.4 is 5.32 Å². The standard InChI is InChI=1S/C62H115NO8/c1-3-5-7-9-11-13-15-17-19-20-21-22-23-24-25-26-27-28-29-30-31-32-33-34-35-36-38-39-41-43-45-47-49-51-56(65)55(54-70-62-61(69)60(68)59(67)57(53-64)71-62)63-58(66)52-50-48-46-44-42-40-37-18-16-14-12-10-8-6-4-2/h6,8,12,14,18,37,42,44,55-57,59-62,64-65,67-69H,3-5,7,9-11,13,15-17,19-36,38-41,43,45-54H2,1-2H3,(H,63,66)/b8-6-,14-12-,37-18-,44-42-. The van der Waals surface area contributed by atoms with Gasteiger partial charge < -0.3 is 40.3 Å². The van der Waals surface area contributed by atoms with Crippen molar-refractivity contribution in [3.8, 4) is 0 Å². The van der Waals surface area contributed by atoms with Crippen molar-refractivity contribution >= 4 is 5.91 Å². The van der Waals surface area contributed by atoms with E-state index in [0.717, 1.165) is 57.8 Å². The normalized spacial score (nSPS) is 19.6. The second-order valence-corrected chi connectivity index (χ2v) is 21.1. The van der Waals surface area contributed by atoms with Crippen LogP contribution in [0.15, 0.2) is 48.6 Å². The summed E-state index contributed by atoms with van der Waals surface area (Å²) in [6, 6.07) is -0.743. The lowest BCUT2D eigenvalue weighted by molar-refractivity contribution is -0.302. The topological polar surface area (TPSA) is 149 Å². The lowest BCUT2D eigenvalue weighted by atomic mass is 9.99. The van der Waals surface area contributed by atoms with E-state index in [4.69, 9.17) is 9.47 Å². The van der Waals surface area contributed by atoms with E-state index < -0.39 is 49.5 Å². The Morgan fingerprint density at radius 2 is 0.873 bits per heavy atom. The Morgan fingerprint density at radius 1 is 0.493 bits per heavy atom. The molecule has 0 aromatic heterocycles. The highest BCUT2D eigenvalue weighted by molar-refractivity contribution is 5.76. The third kappa shape index (κ3) is 41.1. The Hall–Kier alpha value is -1.85. The number of ether oxygens (including phenoxy) is 2. The highest BCUT2D eigenvalue weighted by Crippen LogP contribution is 2.23. The van der Waals surface area contributed by atoms with Crippen LogP contribution in [-0.2, 0) is 14.3 Å². The van der Waals surface area contributed by atoms with Crippen LogP contribution in [0, 0.1) is 0 Å². The van der Waals surface area contributed by atoms with Crippen LogP contribution in [0.3, 0.4) is 0 Å². The van der Waals surface area contributed by atoms with E-state index in [1.54, 1.807) is 0 Å². The predicted molar refractivity (Wildman–Crippen MR) is 299 cm³/mol. The number of carbonyl (C=O) groups excluding carboxylic acids is 1. The smallest absolute Gasteiger partial charge is 0.220 e. The third-order valence-corrected chi connectivity index (χ3v) is 14.4. The predicted octanol–water partition coefficient (Wildman–Crippen LogP) is 15.3. The molecule has 6 N–H and O–H groups in total. The van der Waals surface area contributed by atoms with Gasteiger partial charge in [0.25, 0.3) is 0 Å². The number of hydrogen-bond donors (Lipinski definition) is 6. The van der Waals surface area contributed by atoms with Gasteiger partial charge in [-0.3, -0.25) is 4.79 Å². The summed E-state index contributed by atoms with van der Waals surface area (Å²) < 4.78 is 11.3. The highest BCUT2D eigenvalue weighted by atomic mass is 16.7. The molecule has 1 aliphatic heterocycles. The van der Waals surface area contributed by atoms with Gasteiger partial charge in [-0.1, -0.05) is 274 Å². The fourth-order valence-corrected chi connectivity index (χ4v) is 9.68. The summed E-state index contributed by atoms with van der Waals surface area (Å²) in [4.78, 5) is 13.0. The summed E-state index contributed by atoms with van der Waals surface area (Å²) in [5.41, 5.74) is 0. The molecule has 0 aromatic rings. The molecule has 1 aliphatic rings.